The van der Waals surface area contributed by atoms with Gasteiger partial charge < -0.3 is 10.1 Å². The van der Waals surface area contributed by atoms with Crippen molar-refractivity contribution < 1.29 is 4.74 Å². The standard InChI is InChI=1S/C17H24N2O.ClH/c1-2-3-4-5-6-7-8-15-11-17(14-19-12-15)20-16-9-10-18-13-16;/h11-12,14,16,18H,2-6,9-10,13H2,1H3;1H/t16-;/m1./s1. The third-order valence-electron chi connectivity index (χ3n) is 3.42. The number of nitrogens with zero attached hydrogens (tertiary/aromatic N) is 1. The lowest BCUT2D eigenvalue weighted by Crippen LogP contribution is -2.19. The summed E-state index contributed by atoms with van der Waals surface area (Å²) in [4.78, 5) is 4.21. The Labute approximate surface area is 134 Å². The molecule has 1 N–H and O–H groups in total. The average molecular weight is 309 g/mol. The molecular formula is C17H25ClN2O. The van der Waals surface area contributed by atoms with Gasteiger partial charge in [0.2, 0.25) is 0 Å². The molecule has 2 heterocycles. The van der Waals surface area contributed by atoms with Crippen LogP contribution in [0.15, 0.2) is 18.5 Å². The Hall–Kier alpha value is -1.24. The Morgan fingerprint density at radius 3 is 3.00 bits per heavy atom. The summed E-state index contributed by atoms with van der Waals surface area (Å²) in [6.45, 7) is 4.19. The topological polar surface area (TPSA) is 34.1 Å². The highest BCUT2D eigenvalue weighted by molar-refractivity contribution is 5.85. The van der Waals surface area contributed by atoms with Crippen molar-refractivity contribution in [1.29, 1.82) is 0 Å². The minimum atomic E-state index is 0. The quantitative estimate of drug-likeness (QED) is 0.644. The van der Waals surface area contributed by atoms with Crippen molar-refractivity contribution in [2.75, 3.05) is 13.1 Å². The maximum atomic E-state index is 5.88. The van der Waals surface area contributed by atoms with Crippen LogP contribution >= 0.6 is 12.4 Å². The third kappa shape index (κ3) is 6.84. The fourth-order valence-corrected chi connectivity index (χ4v) is 2.28. The first-order valence-corrected chi connectivity index (χ1v) is 7.70. The van der Waals surface area contributed by atoms with Crippen LogP contribution in [-0.2, 0) is 0 Å². The zero-order valence-electron chi connectivity index (χ0n) is 12.7. The van der Waals surface area contributed by atoms with Crippen molar-refractivity contribution >= 4 is 12.4 Å². The highest BCUT2D eigenvalue weighted by Crippen LogP contribution is 2.15. The first kappa shape index (κ1) is 17.8. The largest absolute Gasteiger partial charge is 0.487 e. The smallest absolute Gasteiger partial charge is 0.139 e. The van der Waals surface area contributed by atoms with Crippen molar-refractivity contribution in [3.8, 4) is 17.6 Å². The van der Waals surface area contributed by atoms with E-state index in [9.17, 15) is 0 Å². The lowest BCUT2D eigenvalue weighted by atomic mass is 10.1. The van der Waals surface area contributed by atoms with Crippen LogP contribution in [0.1, 0.15) is 51.0 Å². The van der Waals surface area contributed by atoms with Gasteiger partial charge in [0.05, 0.1) is 6.20 Å². The van der Waals surface area contributed by atoms with E-state index in [1.54, 1.807) is 12.4 Å². The van der Waals surface area contributed by atoms with Crippen molar-refractivity contribution in [3.63, 3.8) is 0 Å². The molecule has 1 aliphatic heterocycles. The molecule has 1 aromatic rings. The van der Waals surface area contributed by atoms with Crippen molar-refractivity contribution in [2.45, 2.75) is 51.6 Å². The molecule has 3 nitrogen and oxygen atoms in total. The number of aromatic nitrogens is 1. The van der Waals surface area contributed by atoms with Crippen LogP contribution in [0.3, 0.4) is 0 Å². The fourth-order valence-electron chi connectivity index (χ4n) is 2.28. The number of halogens is 1. The van der Waals surface area contributed by atoms with Crippen LogP contribution in [0.2, 0.25) is 0 Å². The summed E-state index contributed by atoms with van der Waals surface area (Å²) in [6, 6.07) is 1.99. The average Bonchev–Trinajstić information content (AvgIpc) is 2.96. The monoisotopic (exact) mass is 308 g/mol. The van der Waals surface area contributed by atoms with Gasteiger partial charge in [0.15, 0.2) is 0 Å². The molecule has 4 heteroatoms. The number of pyridine rings is 1. The van der Waals surface area contributed by atoms with E-state index in [1.807, 2.05) is 6.07 Å². The van der Waals surface area contributed by atoms with E-state index in [2.05, 4.69) is 29.1 Å². The summed E-state index contributed by atoms with van der Waals surface area (Å²) in [5.41, 5.74) is 0.948. The summed E-state index contributed by atoms with van der Waals surface area (Å²) >= 11 is 0. The highest BCUT2D eigenvalue weighted by atomic mass is 35.5. The maximum absolute atomic E-state index is 5.88. The number of unbranched alkanes of at least 4 members (excludes halogenated alkanes) is 4. The van der Waals surface area contributed by atoms with Gasteiger partial charge in [0, 0.05) is 24.7 Å². The zero-order chi connectivity index (χ0) is 14.0. The Balaban J connectivity index is 0.00000220. The molecular weight excluding hydrogens is 284 g/mol. The van der Waals surface area contributed by atoms with E-state index in [1.165, 1.54) is 25.7 Å². The predicted molar refractivity (Wildman–Crippen MR) is 89.0 cm³/mol. The molecule has 0 aliphatic carbocycles. The Morgan fingerprint density at radius 1 is 1.33 bits per heavy atom. The second-order valence-corrected chi connectivity index (χ2v) is 5.25. The summed E-state index contributed by atoms with van der Waals surface area (Å²) < 4.78 is 5.88. The molecule has 1 aliphatic rings. The molecule has 1 saturated heterocycles. The molecule has 1 aromatic heterocycles. The van der Waals surface area contributed by atoms with Gasteiger partial charge in [-0.1, -0.05) is 38.0 Å². The lowest BCUT2D eigenvalue weighted by Gasteiger charge is -2.11. The third-order valence-corrected chi connectivity index (χ3v) is 3.42. The van der Waals surface area contributed by atoms with Gasteiger partial charge >= 0.3 is 0 Å². The molecule has 1 atom stereocenters. The zero-order valence-corrected chi connectivity index (χ0v) is 13.5. The number of ether oxygens (including phenoxy) is 1. The molecule has 0 aromatic carbocycles. The van der Waals surface area contributed by atoms with Crippen LogP contribution < -0.4 is 10.1 Å². The highest BCUT2D eigenvalue weighted by Gasteiger charge is 2.15. The predicted octanol–water partition coefficient (Wildman–Crippen LogP) is 3.57. The van der Waals surface area contributed by atoms with Gasteiger partial charge in [-0.25, -0.2) is 0 Å². The van der Waals surface area contributed by atoms with Gasteiger partial charge in [-0.05, 0) is 25.5 Å². The van der Waals surface area contributed by atoms with Gasteiger partial charge in [-0.15, -0.1) is 12.4 Å². The molecule has 0 spiro atoms. The minimum absolute atomic E-state index is 0. The normalized spacial score (nSPS) is 16.7. The summed E-state index contributed by atoms with van der Waals surface area (Å²) in [6.07, 6.45) is 10.9. The molecule has 116 valence electrons. The Morgan fingerprint density at radius 2 is 2.24 bits per heavy atom. The number of hydrogen-bond donors (Lipinski definition) is 1. The van der Waals surface area contributed by atoms with Gasteiger partial charge in [0.25, 0.3) is 0 Å². The molecule has 2 rings (SSSR count). The molecule has 21 heavy (non-hydrogen) atoms. The van der Waals surface area contributed by atoms with Crippen molar-refractivity contribution in [3.05, 3.63) is 24.0 Å². The minimum Gasteiger partial charge on any atom is -0.487 e. The van der Waals surface area contributed by atoms with Crippen LogP contribution in [0, 0.1) is 11.8 Å². The first-order chi connectivity index (χ1) is 9.88. The summed E-state index contributed by atoms with van der Waals surface area (Å²) in [5.74, 6) is 7.23. The van der Waals surface area contributed by atoms with Gasteiger partial charge in [-0.3, -0.25) is 4.98 Å². The van der Waals surface area contributed by atoms with Crippen molar-refractivity contribution in [2.24, 2.45) is 0 Å². The van der Waals surface area contributed by atoms with Crippen LogP contribution in [-0.4, -0.2) is 24.2 Å². The Kier molecular flexibility index (Phi) is 8.89. The molecule has 1 fully saturated rings. The summed E-state index contributed by atoms with van der Waals surface area (Å²) in [7, 11) is 0. The molecule has 0 saturated carbocycles. The molecule has 0 radical (unpaired) electrons. The van der Waals surface area contributed by atoms with E-state index in [-0.39, 0.29) is 18.5 Å². The molecule has 0 unspecified atom stereocenters. The van der Waals surface area contributed by atoms with E-state index >= 15 is 0 Å². The van der Waals surface area contributed by atoms with Gasteiger partial charge in [0.1, 0.15) is 11.9 Å². The number of hydrogen-bond acceptors (Lipinski definition) is 3. The van der Waals surface area contributed by atoms with Crippen LogP contribution in [0.25, 0.3) is 0 Å². The van der Waals surface area contributed by atoms with E-state index in [4.69, 9.17) is 4.74 Å². The fraction of sp³-hybridized carbons (Fsp3) is 0.588. The molecule has 0 amide bonds. The van der Waals surface area contributed by atoms with E-state index in [0.717, 1.165) is 37.2 Å². The summed E-state index contributed by atoms with van der Waals surface area (Å²) in [5, 5.41) is 3.29. The number of nitrogens with one attached hydrogen (secondary N) is 1. The van der Waals surface area contributed by atoms with Gasteiger partial charge in [-0.2, -0.15) is 0 Å². The second kappa shape index (κ2) is 10.5. The van der Waals surface area contributed by atoms with E-state index in [0.29, 0.717) is 0 Å². The molecule has 0 bridgehead atoms. The van der Waals surface area contributed by atoms with E-state index < -0.39 is 0 Å². The van der Waals surface area contributed by atoms with Crippen LogP contribution in [0.4, 0.5) is 0 Å². The Bertz CT molecular complexity index is 461. The lowest BCUT2D eigenvalue weighted by molar-refractivity contribution is 0.222. The van der Waals surface area contributed by atoms with Crippen LogP contribution in [0.5, 0.6) is 5.75 Å². The first-order valence-electron chi connectivity index (χ1n) is 7.70. The van der Waals surface area contributed by atoms with Crippen molar-refractivity contribution in [1.82, 2.24) is 10.3 Å². The second-order valence-electron chi connectivity index (χ2n) is 5.25. The SMILES string of the molecule is CCCCCCC#Cc1cncc(O[C@@H]2CCNC2)c1.Cl. The maximum Gasteiger partial charge on any atom is 0.139 e. The number of rotatable bonds is 6.